The zero-order valence-corrected chi connectivity index (χ0v) is 31.7. The summed E-state index contributed by atoms with van der Waals surface area (Å²) < 4.78 is 33.4. The van der Waals surface area contributed by atoms with Crippen LogP contribution in [0.1, 0.15) is 88.2 Å². The third kappa shape index (κ3) is 11.6. The Balaban J connectivity index is 0.000000172. The molecule has 56 heavy (non-hydrogen) atoms. The molecule has 10 nitrogen and oxygen atoms in total. The standard InChI is InChI=1S/C23H26O6.C23H26O4/c24-22(15-7-9-17-19(12-15)26-17)28-21(11-6-14-4-2-1-3-5-14)29-23(25)16-8-10-18-20(13-16)27-18;24-22(19-12-6-2-7-13-19)26-21(17-16-18-10-4-1-5-11-18)27-23(25)20-14-8-3-9-15-20/h1-6,11,15-21H,7-10,12-13H2;1-6,8,10-11,16-17,19-21H,7,9,12-15H2/b11-6+;17-16+. The number of epoxide rings is 2. The highest BCUT2D eigenvalue weighted by molar-refractivity contribution is 5.76. The van der Waals surface area contributed by atoms with Crippen molar-refractivity contribution in [2.45, 2.75) is 114 Å². The number of carbonyl (C=O) groups is 4. The Morgan fingerprint density at radius 2 is 0.875 bits per heavy atom. The minimum atomic E-state index is -1.02. The Hall–Kier alpha value is -4.80. The fourth-order valence-corrected chi connectivity index (χ4v) is 7.81. The lowest BCUT2D eigenvalue weighted by Crippen LogP contribution is -2.32. The highest BCUT2D eigenvalue weighted by Gasteiger charge is 2.48. The summed E-state index contributed by atoms with van der Waals surface area (Å²) >= 11 is 0. The van der Waals surface area contributed by atoms with Crippen molar-refractivity contribution in [1.29, 1.82) is 0 Å². The number of hydrogen-bond acceptors (Lipinski definition) is 10. The van der Waals surface area contributed by atoms with Gasteiger partial charge in [-0.15, -0.1) is 0 Å². The molecular formula is C46H52O10. The van der Waals surface area contributed by atoms with E-state index in [1.165, 1.54) is 0 Å². The summed E-state index contributed by atoms with van der Waals surface area (Å²) in [6.07, 6.45) is 23.4. The van der Waals surface area contributed by atoms with Crippen molar-refractivity contribution in [2.24, 2.45) is 23.7 Å². The summed E-state index contributed by atoms with van der Waals surface area (Å²) in [5.74, 6) is -1.97. The van der Waals surface area contributed by atoms with Gasteiger partial charge in [-0.1, -0.05) is 97.1 Å². The van der Waals surface area contributed by atoms with Gasteiger partial charge in [-0.3, -0.25) is 19.2 Å². The lowest BCUT2D eigenvalue weighted by Gasteiger charge is -2.23. The molecule has 6 aliphatic rings. The second-order valence-electron chi connectivity index (χ2n) is 15.4. The number of ether oxygens (including phenoxy) is 6. The molecule has 8 rings (SSSR count). The molecule has 0 aromatic heterocycles. The van der Waals surface area contributed by atoms with E-state index in [-0.39, 0.29) is 59.8 Å². The number of allylic oxidation sites excluding steroid dienone is 4. The molecule has 8 unspecified atom stereocenters. The topological polar surface area (TPSA) is 130 Å². The van der Waals surface area contributed by atoms with Crippen LogP contribution < -0.4 is 0 Å². The van der Waals surface area contributed by atoms with Gasteiger partial charge in [0.05, 0.1) is 48.1 Å². The average molecular weight is 765 g/mol. The molecule has 0 bridgehead atoms. The SMILES string of the molecule is O=C(OC(/C=C/c1ccccc1)OC(=O)C1CC=CCC1)C1CC=CCC1.O=C(OC(/C=C/c1ccccc1)OC(=O)C1CCC2OC2C1)C1CCC2OC2C1. The summed E-state index contributed by atoms with van der Waals surface area (Å²) in [4.78, 5) is 50.3. The van der Waals surface area contributed by atoms with E-state index in [1.807, 2.05) is 85.0 Å². The maximum absolute atomic E-state index is 12.7. The Labute approximate surface area is 328 Å². The van der Waals surface area contributed by atoms with Crippen LogP contribution in [0, 0.1) is 23.7 Å². The van der Waals surface area contributed by atoms with E-state index in [9.17, 15) is 19.2 Å². The van der Waals surface area contributed by atoms with Crippen LogP contribution in [0.4, 0.5) is 0 Å². The van der Waals surface area contributed by atoms with Crippen LogP contribution in [-0.2, 0) is 47.6 Å². The van der Waals surface area contributed by atoms with Gasteiger partial charge in [-0.2, -0.15) is 0 Å². The number of hydrogen-bond donors (Lipinski definition) is 0. The molecule has 4 fully saturated rings. The molecule has 2 saturated heterocycles. The van der Waals surface area contributed by atoms with Crippen LogP contribution >= 0.6 is 0 Å². The first-order valence-corrected chi connectivity index (χ1v) is 20.3. The molecule has 8 atom stereocenters. The van der Waals surface area contributed by atoms with Crippen LogP contribution in [0.15, 0.2) is 97.1 Å². The molecule has 10 heteroatoms. The van der Waals surface area contributed by atoms with Crippen LogP contribution in [-0.4, -0.2) is 60.9 Å². The maximum atomic E-state index is 12.7. The number of fused-ring (bicyclic) bond motifs is 2. The lowest BCUT2D eigenvalue weighted by molar-refractivity contribution is -0.187. The molecule has 2 saturated carbocycles. The van der Waals surface area contributed by atoms with Crippen molar-refractivity contribution >= 4 is 36.0 Å². The first-order valence-electron chi connectivity index (χ1n) is 20.3. The van der Waals surface area contributed by atoms with Gasteiger partial charge in [-0.25, -0.2) is 0 Å². The number of carbonyl (C=O) groups excluding carboxylic acids is 4. The van der Waals surface area contributed by atoms with E-state index >= 15 is 0 Å². The molecule has 2 aromatic carbocycles. The highest BCUT2D eigenvalue weighted by Crippen LogP contribution is 2.41. The summed E-state index contributed by atoms with van der Waals surface area (Å²) in [6, 6.07) is 19.3. The fourth-order valence-electron chi connectivity index (χ4n) is 7.81. The molecule has 0 N–H and O–H groups in total. The van der Waals surface area contributed by atoms with E-state index in [2.05, 4.69) is 12.2 Å². The molecule has 4 aliphatic carbocycles. The summed E-state index contributed by atoms with van der Waals surface area (Å²) in [7, 11) is 0. The lowest BCUT2D eigenvalue weighted by atomic mass is 9.89. The van der Waals surface area contributed by atoms with Crippen LogP contribution in [0.2, 0.25) is 0 Å². The minimum Gasteiger partial charge on any atom is -0.421 e. The normalized spacial score (nSPS) is 29.7. The van der Waals surface area contributed by atoms with Crippen molar-refractivity contribution in [3.8, 4) is 0 Å². The zero-order chi connectivity index (χ0) is 38.7. The van der Waals surface area contributed by atoms with Crippen LogP contribution in [0.25, 0.3) is 12.2 Å². The first-order chi connectivity index (χ1) is 27.4. The number of rotatable bonds is 12. The van der Waals surface area contributed by atoms with Gasteiger partial charge in [0.15, 0.2) is 0 Å². The van der Waals surface area contributed by atoms with Gasteiger partial charge in [0.25, 0.3) is 12.6 Å². The molecule has 2 aliphatic heterocycles. The largest absolute Gasteiger partial charge is 0.421 e. The Morgan fingerprint density at radius 3 is 1.23 bits per heavy atom. The van der Waals surface area contributed by atoms with Gasteiger partial charge in [0, 0.05) is 0 Å². The summed E-state index contributed by atoms with van der Waals surface area (Å²) in [6.45, 7) is 0. The van der Waals surface area contributed by atoms with Crippen molar-refractivity contribution in [2.75, 3.05) is 0 Å². The third-order valence-corrected chi connectivity index (χ3v) is 11.3. The smallest absolute Gasteiger partial charge is 0.312 e. The third-order valence-electron chi connectivity index (χ3n) is 11.3. The Bertz CT molecular complexity index is 1690. The second kappa shape index (κ2) is 19.4. The van der Waals surface area contributed by atoms with Gasteiger partial charge in [0.2, 0.25) is 0 Å². The molecular weight excluding hydrogens is 712 g/mol. The highest BCUT2D eigenvalue weighted by atomic mass is 16.7. The fraction of sp³-hybridized carbons (Fsp3) is 0.478. The van der Waals surface area contributed by atoms with Crippen LogP contribution in [0.5, 0.6) is 0 Å². The first kappa shape index (κ1) is 39.4. The second-order valence-corrected chi connectivity index (χ2v) is 15.4. The molecule has 296 valence electrons. The van der Waals surface area contributed by atoms with E-state index < -0.39 is 12.6 Å². The predicted octanol–water partition coefficient (Wildman–Crippen LogP) is 8.07. The Morgan fingerprint density at radius 1 is 0.482 bits per heavy atom. The molecule has 0 spiro atoms. The summed E-state index contributed by atoms with van der Waals surface area (Å²) in [5.41, 5.74) is 1.90. The van der Waals surface area contributed by atoms with Gasteiger partial charge in [-0.05, 0) is 100 Å². The van der Waals surface area contributed by atoms with E-state index in [4.69, 9.17) is 28.4 Å². The number of esters is 4. The van der Waals surface area contributed by atoms with Crippen molar-refractivity contribution in [1.82, 2.24) is 0 Å². The summed E-state index contributed by atoms with van der Waals surface area (Å²) in [5, 5.41) is 0. The quantitative estimate of drug-likeness (QED) is 0.0905. The molecule has 0 radical (unpaired) electrons. The van der Waals surface area contributed by atoms with E-state index in [0.29, 0.717) is 37.9 Å². The number of benzene rings is 2. The van der Waals surface area contributed by atoms with Gasteiger partial charge in [0.1, 0.15) is 0 Å². The van der Waals surface area contributed by atoms with Crippen molar-refractivity contribution in [3.63, 3.8) is 0 Å². The molecule has 2 heterocycles. The van der Waals surface area contributed by atoms with Gasteiger partial charge < -0.3 is 28.4 Å². The van der Waals surface area contributed by atoms with E-state index in [0.717, 1.165) is 62.5 Å². The Kier molecular flexibility index (Phi) is 13.6. The maximum Gasteiger partial charge on any atom is 0.312 e. The molecule has 2 aromatic rings. The zero-order valence-electron chi connectivity index (χ0n) is 31.7. The average Bonchev–Trinajstić information content (AvgIpc) is 4.18. The molecule has 0 amide bonds. The monoisotopic (exact) mass is 764 g/mol. The predicted molar refractivity (Wildman–Crippen MR) is 208 cm³/mol. The van der Waals surface area contributed by atoms with Crippen molar-refractivity contribution < 1.29 is 47.6 Å². The van der Waals surface area contributed by atoms with Crippen LogP contribution in [0.3, 0.4) is 0 Å². The minimum absolute atomic E-state index is 0.168. The van der Waals surface area contributed by atoms with Crippen molar-refractivity contribution in [3.05, 3.63) is 108 Å². The van der Waals surface area contributed by atoms with E-state index in [1.54, 1.807) is 12.2 Å². The van der Waals surface area contributed by atoms with Gasteiger partial charge >= 0.3 is 23.9 Å².